The summed E-state index contributed by atoms with van der Waals surface area (Å²) in [6.45, 7) is 0. The summed E-state index contributed by atoms with van der Waals surface area (Å²) < 4.78 is 37.9. The first-order chi connectivity index (χ1) is 9.68. The van der Waals surface area contributed by atoms with Gasteiger partial charge in [-0.1, -0.05) is 35.4 Å². The third kappa shape index (κ3) is 3.78. The van der Waals surface area contributed by atoms with E-state index in [1.54, 1.807) is 18.2 Å². The van der Waals surface area contributed by atoms with E-state index in [9.17, 15) is 13.2 Å². The molecule has 0 aromatic heterocycles. The fourth-order valence-electron chi connectivity index (χ4n) is 1.85. The quantitative estimate of drug-likeness (QED) is 0.799. The average Bonchev–Trinajstić information content (AvgIpc) is 2.76. The molecule has 0 fully saturated rings. The molecule has 1 N–H and O–H groups in total. The number of rotatable bonds is 2. The number of halogens is 5. The molecule has 1 aromatic carbocycles. The van der Waals surface area contributed by atoms with Crippen LogP contribution < -0.4 is 5.32 Å². The molecule has 21 heavy (non-hydrogen) atoms. The van der Waals surface area contributed by atoms with Crippen LogP contribution in [0.5, 0.6) is 0 Å². The Labute approximate surface area is 134 Å². The topological polar surface area (TPSA) is 27.6 Å². The molecule has 1 aromatic rings. The van der Waals surface area contributed by atoms with E-state index in [1.807, 2.05) is 0 Å². The zero-order valence-electron chi connectivity index (χ0n) is 10.7. The van der Waals surface area contributed by atoms with Crippen molar-refractivity contribution < 1.29 is 13.2 Å². The van der Waals surface area contributed by atoms with Crippen molar-refractivity contribution in [3.05, 3.63) is 28.2 Å². The molecule has 0 amide bonds. The van der Waals surface area contributed by atoms with E-state index in [1.165, 1.54) is 12.1 Å². The maximum atomic E-state index is 12.6. The van der Waals surface area contributed by atoms with Crippen molar-refractivity contribution in [2.24, 2.45) is 5.10 Å². The third-order valence-electron chi connectivity index (χ3n) is 2.93. The van der Waals surface area contributed by atoms with Crippen molar-refractivity contribution in [3.63, 3.8) is 0 Å². The van der Waals surface area contributed by atoms with Gasteiger partial charge in [-0.2, -0.15) is 18.3 Å². The average molecular weight is 356 g/mol. The van der Waals surface area contributed by atoms with Crippen LogP contribution in [0.3, 0.4) is 0 Å². The van der Waals surface area contributed by atoms with E-state index in [-0.39, 0.29) is 11.4 Å². The second kappa shape index (κ2) is 5.98. The summed E-state index contributed by atoms with van der Waals surface area (Å²) in [7, 11) is 1.45. The van der Waals surface area contributed by atoms with Crippen LogP contribution in [0.15, 0.2) is 23.3 Å². The Morgan fingerprint density at radius 3 is 2.57 bits per heavy atom. The van der Waals surface area contributed by atoms with Crippen LogP contribution in [-0.4, -0.2) is 35.0 Å². The second-order valence-corrected chi connectivity index (χ2v) is 5.71. The molecular formula is C12H10Cl2F3N3S. The zero-order valence-corrected chi connectivity index (χ0v) is 13.0. The van der Waals surface area contributed by atoms with Gasteiger partial charge < -0.3 is 5.32 Å². The standard InChI is InChI=1S/C12H10Cl2F3N3S/c1-20-9(5-10(19-20)12(15,16)17)11(21)18-6-2-3-7(13)8(14)4-6/h2-4,9H,5H2,1H3,(H,18,21). The Kier molecular flexibility index (Phi) is 4.65. The lowest BCUT2D eigenvalue weighted by atomic mass is 10.1. The third-order valence-corrected chi connectivity index (χ3v) is 4.05. The molecule has 0 saturated carbocycles. The van der Waals surface area contributed by atoms with Gasteiger partial charge in [-0.05, 0) is 18.2 Å². The van der Waals surface area contributed by atoms with E-state index in [0.29, 0.717) is 15.7 Å². The largest absolute Gasteiger partial charge is 0.431 e. The molecule has 1 aliphatic heterocycles. The minimum atomic E-state index is -4.44. The maximum absolute atomic E-state index is 12.6. The molecule has 9 heteroatoms. The van der Waals surface area contributed by atoms with Crippen molar-refractivity contribution in [1.82, 2.24) is 5.01 Å². The molecular weight excluding hydrogens is 346 g/mol. The Morgan fingerprint density at radius 2 is 2.05 bits per heavy atom. The smallest absolute Gasteiger partial charge is 0.348 e. The first kappa shape index (κ1) is 16.3. The molecule has 0 radical (unpaired) electrons. The molecule has 1 unspecified atom stereocenters. The van der Waals surface area contributed by atoms with E-state index in [2.05, 4.69) is 10.4 Å². The summed E-state index contributed by atoms with van der Waals surface area (Å²) in [5, 5.41) is 8.26. The lowest BCUT2D eigenvalue weighted by molar-refractivity contribution is -0.0600. The number of nitrogens with one attached hydrogen (secondary N) is 1. The van der Waals surface area contributed by atoms with Crippen LogP contribution in [0.2, 0.25) is 10.0 Å². The Morgan fingerprint density at radius 1 is 1.38 bits per heavy atom. The summed E-state index contributed by atoms with van der Waals surface area (Å²) in [5.74, 6) is 0. The van der Waals surface area contributed by atoms with Gasteiger partial charge >= 0.3 is 6.18 Å². The molecule has 0 bridgehead atoms. The molecule has 1 heterocycles. The number of alkyl halides is 3. The van der Waals surface area contributed by atoms with Gasteiger partial charge in [0, 0.05) is 19.2 Å². The van der Waals surface area contributed by atoms with Crippen LogP contribution in [0.4, 0.5) is 18.9 Å². The predicted octanol–water partition coefficient (Wildman–Crippen LogP) is 4.36. The van der Waals surface area contributed by atoms with Crippen molar-refractivity contribution in [2.45, 2.75) is 18.6 Å². The summed E-state index contributed by atoms with van der Waals surface area (Å²) in [6, 6.07) is 4.12. The van der Waals surface area contributed by atoms with Gasteiger partial charge in [0.05, 0.1) is 10.0 Å². The zero-order chi connectivity index (χ0) is 15.8. The molecule has 0 aliphatic carbocycles. The summed E-state index contributed by atoms with van der Waals surface area (Å²) in [4.78, 5) is 0.235. The normalized spacial score (nSPS) is 18.7. The van der Waals surface area contributed by atoms with Crippen molar-refractivity contribution in [1.29, 1.82) is 0 Å². The minimum Gasteiger partial charge on any atom is -0.348 e. The van der Waals surface area contributed by atoms with Crippen LogP contribution in [-0.2, 0) is 0 Å². The Bertz CT molecular complexity index is 604. The van der Waals surface area contributed by atoms with Crippen LogP contribution in [0, 0.1) is 0 Å². The molecule has 3 nitrogen and oxygen atoms in total. The van der Waals surface area contributed by atoms with Gasteiger partial charge in [-0.25, -0.2) is 0 Å². The number of likely N-dealkylation sites (N-methyl/N-ethyl adjacent to an activating group) is 1. The lowest BCUT2D eigenvalue weighted by Crippen LogP contribution is -2.35. The van der Waals surface area contributed by atoms with E-state index >= 15 is 0 Å². The molecule has 0 spiro atoms. The highest BCUT2D eigenvalue weighted by molar-refractivity contribution is 7.80. The number of hydrogen-bond acceptors (Lipinski definition) is 3. The van der Waals surface area contributed by atoms with Crippen molar-refractivity contribution >= 4 is 51.8 Å². The second-order valence-electron chi connectivity index (χ2n) is 4.46. The Balaban J connectivity index is 2.07. The highest BCUT2D eigenvalue weighted by atomic mass is 35.5. The number of thiocarbonyl (C=S) groups is 1. The molecule has 114 valence electrons. The van der Waals surface area contributed by atoms with Crippen LogP contribution in [0.1, 0.15) is 6.42 Å². The van der Waals surface area contributed by atoms with Gasteiger partial charge in [-0.3, -0.25) is 5.01 Å². The summed E-state index contributed by atoms with van der Waals surface area (Å²) in [6.07, 6.45) is -4.73. The number of benzene rings is 1. The van der Waals surface area contributed by atoms with Crippen LogP contribution >= 0.6 is 35.4 Å². The first-order valence-corrected chi connectivity index (χ1v) is 6.98. The van der Waals surface area contributed by atoms with E-state index in [0.717, 1.165) is 0 Å². The van der Waals surface area contributed by atoms with Crippen LogP contribution in [0.25, 0.3) is 0 Å². The number of hydrazone groups is 1. The van der Waals surface area contributed by atoms with Gasteiger partial charge in [0.25, 0.3) is 0 Å². The molecule has 0 saturated heterocycles. The molecule has 2 rings (SSSR count). The van der Waals surface area contributed by atoms with Crippen molar-refractivity contribution in [2.75, 3.05) is 12.4 Å². The van der Waals surface area contributed by atoms with Gasteiger partial charge in [-0.15, -0.1) is 0 Å². The maximum Gasteiger partial charge on any atom is 0.431 e. The molecule has 1 aliphatic rings. The number of hydrogen-bond donors (Lipinski definition) is 1. The fraction of sp³-hybridized carbons (Fsp3) is 0.333. The van der Waals surface area contributed by atoms with Gasteiger partial charge in [0.15, 0.2) is 0 Å². The summed E-state index contributed by atoms with van der Waals surface area (Å²) >= 11 is 16.8. The lowest BCUT2D eigenvalue weighted by Gasteiger charge is -2.20. The van der Waals surface area contributed by atoms with Crippen molar-refractivity contribution in [3.8, 4) is 0 Å². The van der Waals surface area contributed by atoms with Gasteiger partial charge in [0.1, 0.15) is 16.7 Å². The number of nitrogens with zero attached hydrogens (tertiary/aromatic N) is 2. The first-order valence-electron chi connectivity index (χ1n) is 5.82. The van der Waals surface area contributed by atoms with E-state index in [4.69, 9.17) is 35.4 Å². The van der Waals surface area contributed by atoms with Gasteiger partial charge in [0.2, 0.25) is 0 Å². The van der Waals surface area contributed by atoms with E-state index < -0.39 is 17.9 Å². The molecule has 1 atom stereocenters. The number of anilines is 1. The SMILES string of the molecule is CN1N=C(C(F)(F)F)CC1C(=S)Nc1ccc(Cl)c(Cl)c1. The fourth-order valence-corrected chi connectivity index (χ4v) is 2.50. The highest BCUT2D eigenvalue weighted by Crippen LogP contribution is 2.29. The Hall–Kier alpha value is -1.05. The monoisotopic (exact) mass is 355 g/mol. The summed E-state index contributed by atoms with van der Waals surface area (Å²) in [5.41, 5.74) is -0.281. The minimum absolute atomic E-state index is 0.235. The predicted molar refractivity (Wildman–Crippen MR) is 82.3 cm³/mol. The highest BCUT2D eigenvalue weighted by Gasteiger charge is 2.43.